The molecule has 0 aliphatic heterocycles. The van der Waals surface area contributed by atoms with Crippen LogP contribution in [0.25, 0.3) is 43.1 Å². The van der Waals surface area contributed by atoms with E-state index < -0.39 is 0 Å². The van der Waals surface area contributed by atoms with E-state index in [1.54, 1.807) is 0 Å². The maximum atomic E-state index is 2.33. The van der Waals surface area contributed by atoms with Crippen LogP contribution in [0.3, 0.4) is 0 Å². The molecule has 0 heterocycles. The lowest BCUT2D eigenvalue weighted by molar-refractivity contribution is 1.38. The smallest absolute Gasteiger partial charge is 0.00987 e. The molecule has 5 aromatic rings. The Balaban J connectivity index is 1.99. The molecular formula is C24H18. The first-order valence-corrected chi connectivity index (χ1v) is 8.46. The van der Waals surface area contributed by atoms with Crippen LogP contribution in [0.15, 0.2) is 72.8 Å². The van der Waals surface area contributed by atoms with Gasteiger partial charge in [0.25, 0.3) is 0 Å². The molecule has 0 N–H and O–H groups in total. The molecule has 0 radical (unpaired) electrons. The van der Waals surface area contributed by atoms with Crippen molar-refractivity contribution in [1.29, 1.82) is 0 Å². The number of aryl methyl sites for hydroxylation is 2. The molecule has 0 bridgehead atoms. The first-order chi connectivity index (χ1) is 11.7. The number of hydrogen-bond acceptors (Lipinski definition) is 0. The number of rotatable bonds is 0. The van der Waals surface area contributed by atoms with Crippen molar-refractivity contribution in [3.8, 4) is 0 Å². The molecule has 0 nitrogen and oxygen atoms in total. The molecular weight excluding hydrogens is 288 g/mol. The van der Waals surface area contributed by atoms with Crippen molar-refractivity contribution in [2.24, 2.45) is 0 Å². The zero-order chi connectivity index (χ0) is 16.3. The van der Waals surface area contributed by atoms with Crippen LogP contribution in [0.2, 0.25) is 0 Å². The minimum absolute atomic E-state index is 1.30. The van der Waals surface area contributed by atoms with Crippen LogP contribution >= 0.6 is 0 Å². The summed E-state index contributed by atoms with van der Waals surface area (Å²) in [4.78, 5) is 0. The van der Waals surface area contributed by atoms with Gasteiger partial charge in [-0.25, -0.2) is 0 Å². The summed E-state index contributed by atoms with van der Waals surface area (Å²) in [6.45, 7) is 4.41. The number of fused-ring (bicyclic) bond motifs is 6. The molecule has 5 rings (SSSR count). The van der Waals surface area contributed by atoms with Crippen LogP contribution in [0.4, 0.5) is 0 Å². The van der Waals surface area contributed by atoms with Gasteiger partial charge in [0.1, 0.15) is 0 Å². The second kappa shape index (κ2) is 4.82. The highest BCUT2D eigenvalue weighted by Crippen LogP contribution is 2.34. The summed E-state index contributed by atoms with van der Waals surface area (Å²) in [6.07, 6.45) is 0. The SMILES string of the molecule is Cc1ccc2c(ccc3c4cc5ccccc5cc4ccc23)c1C. The van der Waals surface area contributed by atoms with Crippen LogP contribution in [0.1, 0.15) is 11.1 Å². The van der Waals surface area contributed by atoms with Crippen molar-refractivity contribution in [3.63, 3.8) is 0 Å². The summed E-state index contributed by atoms with van der Waals surface area (Å²) in [6, 6.07) is 26.9. The van der Waals surface area contributed by atoms with Crippen molar-refractivity contribution < 1.29 is 0 Å². The van der Waals surface area contributed by atoms with E-state index in [9.17, 15) is 0 Å². The van der Waals surface area contributed by atoms with E-state index in [0.717, 1.165) is 0 Å². The Labute approximate surface area is 141 Å². The lowest BCUT2D eigenvalue weighted by Gasteiger charge is -2.11. The van der Waals surface area contributed by atoms with Gasteiger partial charge in [-0.15, -0.1) is 0 Å². The Hall–Kier alpha value is -2.86. The Morgan fingerprint density at radius 2 is 1.04 bits per heavy atom. The summed E-state index contributed by atoms with van der Waals surface area (Å²) in [5.41, 5.74) is 2.74. The van der Waals surface area contributed by atoms with Crippen LogP contribution in [0, 0.1) is 13.8 Å². The van der Waals surface area contributed by atoms with Gasteiger partial charge >= 0.3 is 0 Å². The summed E-state index contributed by atoms with van der Waals surface area (Å²) < 4.78 is 0. The Bertz CT molecular complexity index is 1260. The Morgan fingerprint density at radius 3 is 1.88 bits per heavy atom. The van der Waals surface area contributed by atoms with Gasteiger partial charge in [-0.1, -0.05) is 60.7 Å². The molecule has 0 aliphatic carbocycles. The fraction of sp³-hybridized carbons (Fsp3) is 0.0833. The summed E-state index contributed by atoms with van der Waals surface area (Å²) in [5.74, 6) is 0. The minimum atomic E-state index is 1.30. The topological polar surface area (TPSA) is 0 Å². The van der Waals surface area contributed by atoms with E-state index in [0.29, 0.717) is 0 Å². The zero-order valence-electron chi connectivity index (χ0n) is 13.9. The first-order valence-electron chi connectivity index (χ1n) is 8.46. The fourth-order valence-electron chi connectivity index (χ4n) is 3.91. The quantitative estimate of drug-likeness (QED) is 0.215. The molecule has 0 heteroatoms. The molecule has 0 saturated heterocycles. The number of hydrogen-bond donors (Lipinski definition) is 0. The normalized spacial score (nSPS) is 11.8. The third-order valence-electron chi connectivity index (χ3n) is 5.42. The van der Waals surface area contributed by atoms with Crippen molar-refractivity contribution in [2.75, 3.05) is 0 Å². The average Bonchev–Trinajstić information content (AvgIpc) is 2.62. The van der Waals surface area contributed by atoms with Crippen LogP contribution < -0.4 is 0 Å². The van der Waals surface area contributed by atoms with Crippen molar-refractivity contribution in [3.05, 3.63) is 83.9 Å². The number of benzene rings is 5. The standard InChI is InChI=1S/C24H18/c1-15-7-9-21-20(16(15)2)11-12-23-22(21)10-8-19-13-17-5-3-4-6-18(17)14-24(19)23/h3-14H,1-2H3. The molecule has 114 valence electrons. The maximum Gasteiger partial charge on any atom is -0.00987 e. The molecule has 0 fully saturated rings. The van der Waals surface area contributed by atoms with E-state index >= 15 is 0 Å². The molecule has 0 spiro atoms. The fourth-order valence-corrected chi connectivity index (χ4v) is 3.91. The van der Waals surface area contributed by atoms with E-state index in [1.807, 2.05) is 0 Å². The van der Waals surface area contributed by atoms with Crippen molar-refractivity contribution in [2.45, 2.75) is 13.8 Å². The molecule has 5 aromatic carbocycles. The van der Waals surface area contributed by atoms with E-state index in [1.165, 1.54) is 54.2 Å². The summed E-state index contributed by atoms with van der Waals surface area (Å²) in [7, 11) is 0. The van der Waals surface area contributed by atoms with Gasteiger partial charge < -0.3 is 0 Å². The molecule has 0 amide bonds. The predicted molar refractivity (Wildman–Crippen MR) is 106 cm³/mol. The van der Waals surface area contributed by atoms with Crippen LogP contribution in [-0.2, 0) is 0 Å². The third-order valence-corrected chi connectivity index (χ3v) is 5.42. The van der Waals surface area contributed by atoms with E-state index in [-0.39, 0.29) is 0 Å². The minimum Gasteiger partial charge on any atom is -0.0616 e. The van der Waals surface area contributed by atoms with Crippen LogP contribution in [0.5, 0.6) is 0 Å². The maximum absolute atomic E-state index is 2.33. The Kier molecular flexibility index (Phi) is 2.72. The van der Waals surface area contributed by atoms with Crippen LogP contribution in [-0.4, -0.2) is 0 Å². The molecule has 0 unspecified atom stereocenters. The first kappa shape index (κ1) is 13.6. The highest BCUT2D eigenvalue weighted by molar-refractivity contribution is 6.19. The zero-order valence-corrected chi connectivity index (χ0v) is 13.9. The van der Waals surface area contributed by atoms with E-state index in [4.69, 9.17) is 0 Å². The molecule has 0 aliphatic rings. The Morgan fingerprint density at radius 1 is 0.458 bits per heavy atom. The summed E-state index contributed by atoms with van der Waals surface area (Å²) >= 11 is 0. The average molecular weight is 306 g/mol. The monoisotopic (exact) mass is 306 g/mol. The van der Waals surface area contributed by atoms with Gasteiger partial charge in [0.15, 0.2) is 0 Å². The molecule has 0 atom stereocenters. The van der Waals surface area contributed by atoms with Crippen molar-refractivity contribution >= 4 is 43.1 Å². The largest absolute Gasteiger partial charge is 0.0616 e. The predicted octanol–water partition coefficient (Wildman–Crippen LogP) is 6.92. The lowest BCUT2D eigenvalue weighted by atomic mass is 9.93. The highest BCUT2D eigenvalue weighted by atomic mass is 14.1. The van der Waals surface area contributed by atoms with Gasteiger partial charge in [0, 0.05) is 0 Å². The van der Waals surface area contributed by atoms with Gasteiger partial charge in [0.05, 0.1) is 0 Å². The van der Waals surface area contributed by atoms with Gasteiger partial charge in [-0.05, 0) is 80.2 Å². The molecule has 24 heavy (non-hydrogen) atoms. The van der Waals surface area contributed by atoms with Gasteiger partial charge in [-0.2, -0.15) is 0 Å². The second-order valence-electron chi connectivity index (χ2n) is 6.75. The van der Waals surface area contributed by atoms with Gasteiger partial charge in [0.2, 0.25) is 0 Å². The van der Waals surface area contributed by atoms with Crippen molar-refractivity contribution in [1.82, 2.24) is 0 Å². The lowest BCUT2D eigenvalue weighted by Crippen LogP contribution is -1.86. The second-order valence-corrected chi connectivity index (χ2v) is 6.75. The molecule has 0 saturated carbocycles. The molecule has 0 aromatic heterocycles. The highest BCUT2D eigenvalue weighted by Gasteiger charge is 2.08. The third kappa shape index (κ3) is 1.80. The van der Waals surface area contributed by atoms with Gasteiger partial charge in [-0.3, -0.25) is 0 Å². The van der Waals surface area contributed by atoms with E-state index in [2.05, 4.69) is 86.6 Å². The summed E-state index contributed by atoms with van der Waals surface area (Å²) in [5, 5.41) is 10.7.